The molecule has 23 heavy (non-hydrogen) atoms. The summed E-state index contributed by atoms with van der Waals surface area (Å²) in [7, 11) is -0.315. The molecule has 0 amide bonds. The number of aromatic nitrogens is 2. The molecule has 8 nitrogen and oxygen atoms in total. The van der Waals surface area contributed by atoms with Gasteiger partial charge in [-0.1, -0.05) is 19.0 Å². The quantitative estimate of drug-likeness (QED) is 0.739. The maximum atomic E-state index is 12.0. The molecule has 1 saturated heterocycles. The number of β-amino-alcohol motifs (C(OH)–C–C–N with tert-alkyl or cyclic N) is 1. The molecule has 132 valence electrons. The predicted molar refractivity (Wildman–Crippen MR) is 85.1 cm³/mol. The largest absolute Gasteiger partial charge is 0.391 e. The summed E-state index contributed by atoms with van der Waals surface area (Å²) < 4.78 is 30.3. The van der Waals surface area contributed by atoms with E-state index in [1.165, 1.54) is 18.4 Å². The first kappa shape index (κ1) is 18.3. The first-order chi connectivity index (χ1) is 10.7. The molecule has 0 aromatic carbocycles. The summed E-state index contributed by atoms with van der Waals surface area (Å²) >= 11 is 0. The SMILES string of the molecule is CC(C)Cc1nc(CN2C[C@@H](CS(=O)(=O)N(C)C)[C@@H](O)C2)no1. The maximum Gasteiger partial charge on any atom is 0.226 e. The van der Waals surface area contributed by atoms with Gasteiger partial charge in [0.05, 0.1) is 18.4 Å². The third kappa shape index (κ3) is 4.97. The summed E-state index contributed by atoms with van der Waals surface area (Å²) in [6.07, 6.45) is 0.0750. The van der Waals surface area contributed by atoms with Crippen molar-refractivity contribution in [3.63, 3.8) is 0 Å². The molecule has 9 heteroatoms. The molecule has 1 aliphatic rings. The normalized spacial score (nSPS) is 23.3. The number of sulfonamides is 1. The van der Waals surface area contributed by atoms with Crippen LogP contribution in [0.25, 0.3) is 0 Å². The van der Waals surface area contributed by atoms with E-state index in [0.717, 1.165) is 6.42 Å². The average molecular weight is 346 g/mol. The highest BCUT2D eigenvalue weighted by Crippen LogP contribution is 2.21. The van der Waals surface area contributed by atoms with E-state index in [-0.39, 0.29) is 11.7 Å². The van der Waals surface area contributed by atoms with Crippen molar-refractivity contribution in [2.24, 2.45) is 11.8 Å². The van der Waals surface area contributed by atoms with Gasteiger partial charge in [0.1, 0.15) is 0 Å². The fraction of sp³-hybridized carbons (Fsp3) is 0.857. The summed E-state index contributed by atoms with van der Waals surface area (Å²) in [6.45, 7) is 5.54. The molecule has 0 aliphatic carbocycles. The first-order valence-corrected chi connectivity index (χ1v) is 9.40. The first-order valence-electron chi connectivity index (χ1n) is 7.79. The van der Waals surface area contributed by atoms with E-state index >= 15 is 0 Å². The van der Waals surface area contributed by atoms with Crippen molar-refractivity contribution in [1.29, 1.82) is 0 Å². The summed E-state index contributed by atoms with van der Waals surface area (Å²) in [5.41, 5.74) is 0. The molecule has 1 aromatic heterocycles. The highest BCUT2D eigenvalue weighted by Gasteiger charge is 2.35. The molecule has 0 bridgehead atoms. The van der Waals surface area contributed by atoms with Gasteiger partial charge in [-0.15, -0.1) is 0 Å². The van der Waals surface area contributed by atoms with Crippen LogP contribution in [0.4, 0.5) is 0 Å². The van der Waals surface area contributed by atoms with Crippen LogP contribution in [0.15, 0.2) is 4.52 Å². The second-order valence-corrected chi connectivity index (χ2v) is 9.01. The molecule has 1 aliphatic heterocycles. The topological polar surface area (TPSA) is 99.8 Å². The molecule has 1 aromatic rings. The van der Waals surface area contributed by atoms with Gasteiger partial charge in [-0.2, -0.15) is 4.98 Å². The van der Waals surface area contributed by atoms with Crippen LogP contribution >= 0.6 is 0 Å². The summed E-state index contributed by atoms with van der Waals surface area (Å²) in [5, 5.41) is 14.1. The van der Waals surface area contributed by atoms with E-state index in [9.17, 15) is 13.5 Å². The molecule has 2 atom stereocenters. The Kier molecular flexibility index (Phi) is 5.77. The number of hydrogen-bond donors (Lipinski definition) is 1. The Morgan fingerprint density at radius 3 is 2.70 bits per heavy atom. The summed E-state index contributed by atoms with van der Waals surface area (Å²) in [6, 6.07) is 0. The van der Waals surface area contributed by atoms with E-state index in [1.807, 2.05) is 4.90 Å². The van der Waals surface area contributed by atoms with E-state index in [2.05, 4.69) is 24.0 Å². The van der Waals surface area contributed by atoms with Crippen molar-refractivity contribution in [3.8, 4) is 0 Å². The van der Waals surface area contributed by atoms with E-state index in [4.69, 9.17) is 4.52 Å². The lowest BCUT2D eigenvalue weighted by Gasteiger charge is -2.17. The third-order valence-corrected chi connectivity index (χ3v) is 5.88. The van der Waals surface area contributed by atoms with Gasteiger partial charge in [0.25, 0.3) is 0 Å². The van der Waals surface area contributed by atoms with Gasteiger partial charge in [-0.3, -0.25) is 4.90 Å². The van der Waals surface area contributed by atoms with Crippen molar-refractivity contribution in [1.82, 2.24) is 19.3 Å². The minimum absolute atomic E-state index is 0.0531. The smallest absolute Gasteiger partial charge is 0.226 e. The Morgan fingerprint density at radius 2 is 2.09 bits per heavy atom. The van der Waals surface area contributed by atoms with Crippen LogP contribution in [-0.2, 0) is 23.0 Å². The van der Waals surface area contributed by atoms with Crippen LogP contribution in [0.2, 0.25) is 0 Å². The lowest BCUT2D eigenvalue weighted by Crippen LogP contribution is -2.33. The second-order valence-electron chi connectivity index (χ2n) is 6.78. The van der Waals surface area contributed by atoms with Crippen molar-refractivity contribution in [2.45, 2.75) is 32.9 Å². The Balaban J connectivity index is 1.92. The van der Waals surface area contributed by atoms with Gasteiger partial charge in [-0.25, -0.2) is 12.7 Å². The minimum atomic E-state index is -3.32. The van der Waals surface area contributed by atoms with Gasteiger partial charge in [-0.05, 0) is 5.92 Å². The molecular weight excluding hydrogens is 320 g/mol. The van der Waals surface area contributed by atoms with Crippen LogP contribution < -0.4 is 0 Å². The lowest BCUT2D eigenvalue weighted by molar-refractivity contribution is 0.147. The zero-order valence-electron chi connectivity index (χ0n) is 14.1. The number of aliphatic hydroxyl groups is 1. The number of rotatable bonds is 7. The van der Waals surface area contributed by atoms with Gasteiger partial charge in [0, 0.05) is 39.5 Å². The molecule has 2 rings (SSSR count). The van der Waals surface area contributed by atoms with Gasteiger partial charge in [0.15, 0.2) is 5.82 Å². The Labute approximate surface area is 137 Å². The Hall–Kier alpha value is -1.03. The predicted octanol–water partition coefficient (Wildman–Crippen LogP) is -0.0478. The standard InChI is InChI=1S/C14H26N4O4S/c1-10(2)5-14-15-13(16-22-14)8-18-6-11(12(19)7-18)9-23(20,21)17(3)4/h10-12,19H,5-9H2,1-4H3/t11-,12-/m0/s1. The number of aliphatic hydroxyl groups excluding tert-OH is 1. The van der Waals surface area contributed by atoms with E-state index in [0.29, 0.717) is 37.3 Å². The number of likely N-dealkylation sites (tertiary alicyclic amines) is 1. The van der Waals surface area contributed by atoms with Gasteiger partial charge in [0.2, 0.25) is 15.9 Å². The fourth-order valence-corrected chi connectivity index (χ4v) is 3.81. The Morgan fingerprint density at radius 1 is 1.39 bits per heavy atom. The monoisotopic (exact) mass is 346 g/mol. The van der Waals surface area contributed by atoms with Crippen LogP contribution in [0.5, 0.6) is 0 Å². The number of nitrogens with zero attached hydrogens (tertiary/aromatic N) is 4. The Bertz CT molecular complexity index is 614. The molecule has 0 saturated carbocycles. The zero-order valence-corrected chi connectivity index (χ0v) is 15.0. The van der Waals surface area contributed by atoms with Gasteiger partial charge >= 0.3 is 0 Å². The molecule has 2 heterocycles. The zero-order chi connectivity index (χ0) is 17.2. The van der Waals surface area contributed by atoms with Crippen LogP contribution in [0.3, 0.4) is 0 Å². The van der Waals surface area contributed by atoms with Gasteiger partial charge < -0.3 is 9.63 Å². The average Bonchev–Trinajstić information content (AvgIpc) is 2.96. The van der Waals surface area contributed by atoms with Crippen molar-refractivity contribution in [3.05, 3.63) is 11.7 Å². The molecule has 0 radical (unpaired) electrons. The van der Waals surface area contributed by atoms with Crippen LogP contribution in [-0.4, -0.2) is 71.9 Å². The summed E-state index contributed by atoms with van der Waals surface area (Å²) in [4.78, 5) is 6.30. The second kappa shape index (κ2) is 7.25. The minimum Gasteiger partial charge on any atom is -0.391 e. The van der Waals surface area contributed by atoms with E-state index in [1.54, 1.807) is 0 Å². The van der Waals surface area contributed by atoms with Crippen molar-refractivity contribution in [2.75, 3.05) is 32.9 Å². The molecular formula is C14H26N4O4S. The maximum absolute atomic E-state index is 12.0. The lowest BCUT2D eigenvalue weighted by atomic mass is 10.1. The van der Waals surface area contributed by atoms with Crippen molar-refractivity contribution >= 4 is 10.0 Å². The molecule has 1 N–H and O–H groups in total. The molecule has 1 fully saturated rings. The molecule has 0 unspecified atom stereocenters. The van der Waals surface area contributed by atoms with Crippen molar-refractivity contribution < 1.29 is 18.0 Å². The number of hydrogen-bond acceptors (Lipinski definition) is 7. The van der Waals surface area contributed by atoms with Crippen LogP contribution in [0, 0.1) is 11.8 Å². The fourth-order valence-electron chi connectivity index (χ4n) is 2.64. The molecule has 0 spiro atoms. The highest BCUT2D eigenvalue weighted by molar-refractivity contribution is 7.89. The van der Waals surface area contributed by atoms with E-state index < -0.39 is 16.1 Å². The highest BCUT2D eigenvalue weighted by atomic mass is 32.2. The van der Waals surface area contributed by atoms with Crippen LogP contribution in [0.1, 0.15) is 25.6 Å². The summed E-state index contributed by atoms with van der Waals surface area (Å²) in [5.74, 6) is 1.27. The third-order valence-electron chi connectivity index (χ3n) is 3.92.